The van der Waals surface area contributed by atoms with Gasteiger partial charge in [0.25, 0.3) is 10.2 Å². The summed E-state index contributed by atoms with van der Waals surface area (Å²) in [7, 11) is -1.70. The quantitative estimate of drug-likeness (QED) is 0.735. The lowest BCUT2D eigenvalue weighted by atomic mass is 10.0. The van der Waals surface area contributed by atoms with Gasteiger partial charge in [0.15, 0.2) is 0 Å². The minimum Gasteiger partial charge on any atom is -0.380 e. The highest BCUT2D eigenvalue weighted by molar-refractivity contribution is 7.86. The summed E-state index contributed by atoms with van der Waals surface area (Å²) >= 11 is 5.87. The third kappa shape index (κ3) is 3.61. The lowest BCUT2D eigenvalue weighted by Crippen LogP contribution is -2.52. The van der Waals surface area contributed by atoms with Gasteiger partial charge in [-0.1, -0.05) is 0 Å². The van der Waals surface area contributed by atoms with Crippen LogP contribution in [0.5, 0.6) is 0 Å². The van der Waals surface area contributed by atoms with Gasteiger partial charge in [0.05, 0.1) is 6.10 Å². The normalized spacial score (nSPS) is 31.5. The zero-order valence-electron chi connectivity index (χ0n) is 11.4. The predicted molar refractivity (Wildman–Crippen MR) is 75.5 cm³/mol. The number of methoxy groups -OCH3 is 1. The topological polar surface area (TPSA) is 49.9 Å². The number of alkyl halides is 1. The van der Waals surface area contributed by atoms with Gasteiger partial charge < -0.3 is 4.74 Å². The summed E-state index contributed by atoms with van der Waals surface area (Å²) < 4.78 is 33.7. The molecule has 5 nitrogen and oxygen atoms in total. The maximum absolute atomic E-state index is 12.6. The first-order valence-corrected chi connectivity index (χ1v) is 8.85. The Morgan fingerprint density at radius 3 is 2.42 bits per heavy atom. The zero-order chi connectivity index (χ0) is 13.9. The van der Waals surface area contributed by atoms with Crippen LogP contribution in [-0.4, -0.2) is 62.3 Å². The summed E-state index contributed by atoms with van der Waals surface area (Å²) in [6, 6.07) is 0. The molecule has 0 amide bonds. The highest BCUT2D eigenvalue weighted by atomic mass is 35.5. The van der Waals surface area contributed by atoms with Crippen molar-refractivity contribution < 1.29 is 13.2 Å². The van der Waals surface area contributed by atoms with E-state index in [1.54, 1.807) is 15.7 Å². The third-order valence-electron chi connectivity index (χ3n) is 4.03. The van der Waals surface area contributed by atoms with Crippen LogP contribution in [0.15, 0.2) is 0 Å². The summed E-state index contributed by atoms with van der Waals surface area (Å²) in [5.74, 6) is 0.820. The molecule has 2 heterocycles. The van der Waals surface area contributed by atoms with E-state index in [0.29, 0.717) is 32.1 Å². The maximum atomic E-state index is 12.6. The molecule has 0 saturated carbocycles. The number of hydrogen-bond acceptors (Lipinski definition) is 3. The monoisotopic (exact) mass is 310 g/mol. The van der Waals surface area contributed by atoms with Crippen molar-refractivity contribution in [2.24, 2.45) is 5.92 Å². The van der Waals surface area contributed by atoms with Crippen LogP contribution < -0.4 is 0 Å². The lowest BCUT2D eigenvalue weighted by molar-refractivity contribution is 0.0547. The highest BCUT2D eigenvalue weighted by Crippen LogP contribution is 2.24. The molecule has 0 bridgehead atoms. The highest BCUT2D eigenvalue weighted by Gasteiger charge is 2.36. The van der Waals surface area contributed by atoms with Crippen molar-refractivity contribution in [1.29, 1.82) is 0 Å². The number of piperidine rings is 2. The molecular formula is C12H23ClN2O3S. The van der Waals surface area contributed by atoms with Crippen LogP contribution in [0.4, 0.5) is 0 Å². The molecule has 0 N–H and O–H groups in total. The molecule has 0 aliphatic carbocycles. The summed E-state index contributed by atoms with van der Waals surface area (Å²) in [5, 5.41) is 0. The van der Waals surface area contributed by atoms with Gasteiger partial charge in [0.2, 0.25) is 0 Å². The van der Waals surface area contributed by atoms with E-state index in [0.717, 1.165) is 25.7 Å². The summed E-state index contributed by atoms with van der Waals surface area (Å²) in [5.41, 5.74) is 0. The molecule has 2 rings (SSSR count). The van der Waals surface area contributed by atoms with Crippen LogP contribution in [0.25, 0.3) is 0 Å². The van der Waals surface area contributed by atoms with Crippen molar-refractivity contribution >= 4 is 21.8 Å². The molecule has 2 saturated heterocycles. The van der Waals surface area contributed by atoms with E-state index in [1.165, 1.54) is 0 Å². The summed E-state index contributed by atoms with van der Waals surface area (Å²) in [6.07, 6.45) is 3.75. The van der Waals surface area contributed by atoms with E-state index in [4.69, 9.17) is 16.3 Å². The Bertz CT molecular complexity index is 360. The predicted octanol–water partition coefficient (Wildman–Crippen LogP) is 1.29. The van der Waals surface area contributed by atoms with Crippen molar-refractivity contribution in [1.82, 2.24) is 8.61 Å². The number of ether oxygens (including phenoxy) is 1. The molecule has 19 heavy (non-hydrogen) atoms. The van der Waals surface area contributed by atoms with E-state index in [1.807, 2.05) is 0 Å². The molecule has 2 aliphatic rings. The lowest BCUT2D eigenvalue weighted by Gasteiger charge is -2.38. The van der Waals surface area contributed by atoms with Crippen molar-refractivity contribution in [3.05, 3.63) is 0 Å². The van der Waals surface area contributed by atoms with E-state index in [-0.39, 0.29) is 12.0 Å². The fourth-order valence-electron chi connectivity index (χ4n) is 2.83. The van der Waals surface area contributed by atoms with Crippen LogP contribution >= 0.6 is 11.6 Å². The van der Waals surface area contributed by atoms with Gasteiger partial charge in [-0.25, -0.2) is 0 Å². The minimum absolute atomic E-state index is 0.0251. The molecule has 0 aromatic rings. The van der Waals surface area contributed by atoms with Crippen LogP contribution in [-0.2, 0) is 14.9 Å². The Balaban J connectivity index is 2.04. The number of hydrogen-bond donors (Lipinski definition) is 0. The summed E-state index contributed by atoms with van der Waals surface area (Å²) in [6.45, 7) is 2.25. The smallest absolute Gasteiger partial charge is 0.282 e. The second-order valence-electron chi connectivity index (χ2n) is 5.39. The molecule has 0 aromatic heterocycles. The Morgan fingerprint density at radius 2 is 1.79 bits per heavy atom. The van der Waals surface area contributed by atoms with Crippen LogP contribution in [0.3, 0.4) is 0 Å². The van der Waals surface area contributed by atoms with Gasteiger partial charge in [-0.2, -0.15) is 17.0 Å². The first-order valence-electron chi connectivity index (χ1n) is 6.92. The fraction of sp³-hybridized carbons (Fsp3) is 1.00. The minimum atomic E-state index is -3.34. The van der Waals surface area contributed by atoms with Crippen LogP contribution in [0, 0.1) is 5.92 Å². The molecule has 2 unspecified atom stereocenters. The molecule has 112 valence electrons. The first kappa shape index (κ1) is 15.5. The molecule has 0 radical (unpaired) electrons. The molecular weight excluding hydrogens is 288 g/mol. The number of halogens is 1. The molecule has 2 aliphatic heterocycles. The van der Waals surface area contributed by atoms with E-state index in [2.05, 4.69) is 0 Å². The largest absolute Gasteiger partial charge is 0.380 e. The third-order valence-corrected chi connectivity index (χ3v) is 6.43. The van der Waals surface area contributed by atoms with Gasteiger partial charge in [0.1, 0.15) is 0 Å². The average molecular weight is 311 g/mol. The van der Waals surface area contributed by atoms with Crippen molar-refractivity contribution in [3.63, 3.8) is 0 Å². The van der Waals surface area contributed by atoms with Gasteiger partial charge in [-0.3, -0.25) is 0 Å². The molecule has 0 spiro atoms. The van der Waals surface area contributed by atoms with Gasteiger partial charge in [-0.15, -0.1) is 11.6 Å². The van der Waals surface area contributed by atoms with E-state index < -0.39 is 10.2 Å². The average Bonchev–Trinajstić information content (AvgIpc) is 2.47. The maximum Gasteiger partial charge on any atom is 0.282 e. The second kappa shape index (κ2) is 6.72. The molecule has 2 atom stereocenters. The van der Waals surface area contributed by atoms with Gasteiger partial charge in [-0.05, 0) is 31.6 Å². The van der Waals surface area contributed by atoms with E-state index in [9.17, 15) is 8.42 Å². The Kier molecular flexibility index (Phi) is 5.48. The van der Waals surface area contributed by atoms with Crippen molar-refractivity contribution in [2.75, 3.05) is 39.2 Å². The number of nitrogens with zero attached hydrogens (tertiary/aromatic N) is 2. The Labute approximate surface area is 121 Å². The fourth-order valence-corrected chi connectivity index (χ4v) is 4.88. The zero-order valence-corrected chi connectivity index (χ0v) is 13.0. The van der Waals surface area contributed by atoms with Crippen molar-refractivity contribution in [2.45, 2.75) is 31.8 Å². The molecule has 7 heteroatoms. The Morgan fingerprint density at radius 1 is 1.16 bits per heavy atom. The first-order chi connectivity index (χ1) is 9.07. The summed E-state index contributed by atoms with van der Waals surface area (Å²) in [4.78, 5) is 0. The van der Waals surface area contributed by atoms with Crippen molar-refractivity contribution in [3.8, 4) is 0 Å². The standard InChI is InChI=1S/C12H23ClN2O3S/c1-18-12-5-3-7-15(10-12)19(16,17)14-6-2-4-11(8-13)9-14/h11-12H,2-10H2,1H3. The van der Waals surface area contributed by atoms with Crippen LogP contribution in [0.1, 0.15) is 25.7 Å². The molecule has 0 aromatic carbocycles. The van der Waals surface area contributed by atoms with Gasteiger partial charge in [0, 0.05) is 39.2 Å². The van der Waals surface area contributed by atoms with Crippen LogP contribution in [0.2, 0.25) is 0 Å². The Hall–Kier alpha value is 0.120. The van der Waals surface area contributed by atoms with Gasteiger partial charge >= 0.3 is 0 Å². The van der Waals surface area contributed by atoms with E-state index >= 15 is 0 Å². The SMILES string of the molecule is COC1CCCN(S(=O)(=O)N2CCCC(CCl)C2)C1. The second-order valence-corrected chi connectivity index (χ2v) is 7.62. The number of rotatable bonds is 4. The molecule has 2 fully saturated rings.